The molecule has 0 radical (unpaired) electrons. The number of nitrogens with two attached hydrogens (primary N) is 1. The largest absolute Gasteiger partial charge is 0.323 e. The molecule has 0 spiro atoms. The normalized spacial score (nSPS) is 18.8. The van der Waals surface area contributed by atoms with Gasteiger partial charge >= 0.3 is 0 Å². The van der Waals surface area contributed by atoms with Gasteiger partial charge in [0, 0.05) is 6.04 Å². The molecule has 0 aliphatic heterocycles. The highest BCUT2D eigenvalue weighted by atomic mass is 14.7. The number of aryl methyl sites for hydroxylation is 2. The minimum atomic E-state index is -0.307. The first-order valence-electron chi connectivity index (χ1n) is 7.00. The van der Waals surface area contributed by atoms with Gasteiger partial charge in [0.05, 0.1) is 11.5 Å². The van der Waals surface area contributed by atoms with Crippen LogP contribution < -0.4 is 5.73 Å². The summed E-state index contributed by atoms with van der Waals surface area (Å²) < 4.78 is 0. The lowest BCUT2D eigenvalue weighted by Gasteiger charge is -2.26. The van der Waals surface area contributed by atoms with Crippen molar-refractivity contribution in [2.75, 3.05) is 0 Å². The molecule has 2 rings (SSSR count). The fourth-order valence-electron chi connectivity index (χ4n) is 2.80. The molecule has 19 heavy (non-hydrogen) atoms. The Kier molecular flexibility index (Phi) is 3.23. The molecule has 102 valence electrons. The van der Waals surface area contributed by atoms with Gasteiger partial charge < -0.3 is 5.73 Å². The third-order valence-electron chi connectivity index (χ3n) is 4.38. The Morgan fingerprint density at radius 1 is 1.21 bits per heavy atom. The third-order valence-corrected chi connectivity index (χ3v) is 4.38. The summed E-state index contributed by atoms with van der Waals surface area (Å²) in [6.45, 7) is 10.9. The van der Waals surface area contributed by atoms with Gasteiger partial charge in [-0.2, -0.15) is 5.26 Å². The maximum absolute atomic E-state index is 9.32. The van der Waals surface area contributed by atoms with Crippen molar-refractivity contribution < 1.29 is 0 Å². The van der Waals surface area contributed by atoms with Crippen LogP contribution >= 0.6 is 0 Å². The van der Waals surface area contributed by atoms with E-state index in [0.29, 0.717) is 0 Å². The summed E-state index contributed by atoms with van der Waals surface area (Å²) >= 11 is 0. The van der Waals surface area contributed by atoms with Crippen LogP contribution in [0.25, 0.3) is 0 Å². The van der Waals surface area contributed by atoms with Crippen molar-refractivity contribution in [2.24, 2.45) is 11.1 Å². The van der Waals surface area contributed by atoms with E-state index < -0.39 is 0 Å². The fourth-order valence-corrected chi connectivity index (χ4v) is 2.80. The predicted molar refractivity (Wildman–Crippen MR) is 78.8 cm³/mol. The number of nitrogens with zero attached hydrogens (tertiary/aromatic N) is 1. The smallest absolute Gasteiger partial charge is 0.0767 e. The number of nitriles is 1. The molecule has 0 amide bonds. The SMILES string of the molecule is Cc1cc(C(C)(C)C)cc(C)c1C(N)C1(C#N)CC1. The first kappa shape index (κ1) is 14.1. The van der Waals surface area contributed by atoms with E-state index in [0.717, 1.165) is 12.8 Å². The lowest BCUT2D eigenvalue weighted by atomic mass is 9.80. The van der Waals surface area contributed by atoms with Crippen molar-refractivity contribution in [2.45, 2.75) is 58.9 Å². The zero-order valence-corrected chi connectivity index (χ0v) is 12.7. The summed E-state index contributed by atoms with van der Waals surface area (Å²) in [6, 6.07) is 6.74. The molecule has 1 fully saturated rings. The number of rotatable bonds is 2. The monoisotopic (exact) mass is 256 g/mol. The highest BCUT2D eigenvalue weighted by molar-refractivity contribution is 5.44. The molecule has 0 bridgehead atoms. The van der Waals surface area contributed by atoms with Gasteiger partial charge in [-0.25, -0.2) is 0 Å². The van der Waals surface area contributed by atoms with Crippen LogP contribution in [-0.2, 0) is 5.41 Å². The zero-order valence-electron chi connectivity index (χ0n) is 12.7. The highest BCUT2D eigenvalue weighted by Crippen LogP contribution is 2.54. The second kappa shape index (κ2) is 4.35. The van der Waals surface area contributed by atoms with Gasteiger partial charge in [-0.05, 0) is 54.4 Å². The molecule has 1 aromatic carbocycles. The molecule has 2 N–H and O–H groups in total. The molecule has 1 atom stereocenters. The Bertz CT molecular complexity index is 516. The second-order valence-corrected chi connectivity index (χ2v) is 7.02. The molecule has 2 heteroatoms. The molecule has 0 heterocycles. The molecule has 1 aliphatic rings. The molecule has 2 nitrogen and oxygen atoms in total. The quantitative estimate of drug-likeness (QED) is 0.872. The van der Waals surface area contributed by atoms with Crippen LogP contribution in [0.15, 0.2) is 12.1 Å². The Balaban J connectivity index is 2.47. The van der Waals surface area contributed by atoms with Gasteiger partial charge in [-0.1, -0.05) is 32.9 Å². The maximum atomic E-state index is 9.32. The summed E-state index contributed by atoms with van der Waals surface area (Å²) in [6.07, 6.45) is 1.87. The van der Waals surface area contributed by atoms with Crippen LogP contribution in [-0.4, -0.2) is 0 Å². The standard InChI is InChI=1S/C17H24N2/c1-11-8-13(16(3,4)5)9-12(2)14(11)15(19)17(10-18)6-7-17/h8-9,15H,6-7,19H2,1-5H3. The van der Waals surface area contributed by atoms with Crippen LogP contribution in [0.1, 0.15) is 61.9 Å². The maximum Gasteiger partial charge on any atom is 0.0767 e. The van der Waals surface area contributed by atoms with Gasteiger partial charge in [0.2, 0.25) is 0 Å². The molecule has 1 aliphatic carbocycles. The molecule has 0 aromatic heterocycles. The fraction of sp³-hybridized carbons (Fsp3) is 0.588. The lowest BCUT2D eigenvalue weighted by molar-refractivity contribution is 0.513. The van der Waals surface area contributed by atoms with E-state index >= 15 is 0 Å². The summed E-state index contributed by atoms with van der Waals surface area (Å²) in [4.78, 5) is 0. The summed E-state index contributed by atoms with van der Waals surface area (Å²) in [5.41, 5.74) is 11.2. The molecule has 1 unspecified atom stereocenters. The predicted octanol–water partition coefficient (Wildman–Crippen LogP) is 3.90. The van der Waals surface area contributed by atoms with Gasteiger partial charge in [0.25, 0.3) is 0 Å². The van der Waals surface area contributed by atoms with Crippen molar-refractivity contribution in [3.05, 3.63) is 34.4 Å². The summed E-state index contributed by atoms with van der Waals surface area (Å²) in [7, 11) is 0. The van der Waals surface area contributed by atoms with Crippen LogP contribution in [0.2, 0.25) is 0 Å². The van der Waals surface area contributed by atoms with E-state index in [1.807, 2.05) is 0 Å². The van der Waals surface area contributed by atoms with Crippen molar-refractivity contribution >= 4 is 0 Å². The van der Waals surface area contributed by atoms with Gasteiger partial charge in [0.15, 0.2) is 0 Å². The average molecular weight is 256 g/mol. The first-order valence-corrected chi connectivity index (χ1v) is 7.00. The molecular weight excluding hydrogens is 232 g/mol. The number of hydrogen-bond donors (Lipinski definition) is 1. The zero-order chi connectivity index (χ0) is 14.4. The Morgan fingerprint density at radius 2 is 1.68 bits per heavy atom. The van der Waals surface area contributed by atoms with Crippen LogP contribution in [0, 0.1) is 30.6 Å². The van der Waals surface area contributed by atoms with E-state index in [4.69, 9.17) is 5.73 Å². The number of hydrogen-bond acceptors (Lipinski definition) is 2. The topological polar surface area (TPSA) is 49.8 Å². The van der Waals surface area contributed by atoms with Gasteiger partial charge in [-0.3, -0.25) is 0 Å². The van der Waals surface area contributed by atoms with E-state index in [1.165, 1.54) is 22.3 Å². The summed E-state index contributed by atoms with van der Waals surface area (Å²) in [5, 5.41) is 9.32. The van der Waals surface area contributed by atoms with E-state index in [9.17, 15) is 5.26 Å². The Hall–Kier alpha value is -1.33. The van der Waals surface area contributed by atoms with Gasteiger partial charge in [-0.15, -0.1) is 0 Å². The van der Waals surface area contributed by atoms with E-state index in [2.05, 4.69) is 52.8 Å². The van der Waals surface area contributed by atoms with Crippen molar-refractivity contribution in [3.63, 3.8) is 0 Å². The third kappa shape index (κ3) is 2.40. The van der Waals surface area contributed by atoms with Crippen LogP contribution in [0.5, 0.6) is 0 Å². The van der Waals surface area contributed by atoms with Crippen molar-refractivity contribution in [1.29, 1.82) is 5.26 Å². The van der Waals surface area contributed by atoms with E-state index in [1.54, 1.807) is 0 Å². The molecular formula is C17H24N2. The van der Waals surface area contributed by atoms with Crippen LogP contribution in [0.3, 0.4) is 0 Å². The number of benzene rings is 1. The van der Waals surface area contributed by atoms with Crippen molar-refractivity contribution in [1.82, 2.24) is 0 Å². The van der Waals surface area contributed by atoms with Gasteiger partial charge in [0.1, 0.15) is 0 Å². The lowest BCUT2D eigenvalue weighted by Crippen LogP contribution is -2.24. The Labute approximate surface area is 116 Å². The highest BCUT2D eigenvalue weighted by Gasteiger charge is 2.49. The minimum absolute atomic E-state index is 0.143. The average Bonchev–Trinajstić information content (AvgIpc) is 3.07. The van der Waals surface area contributed by atoms with E-state index in [-0.39, 0.29) is 16.9 Å². The summed E-state index contributed by atoms with van der Waals surface area (Å²) in [5.74, 6) is 0. The first-order chi connectivity index (χ1) is 8.71. The Morgan fingerprint density at radius 3 is 2.00 bits per heavy atom. The molecule has 0 saturated heterocycles. The second-order valence-electron chi connectivity index (χ2n) is 7.02. The molecule has 1 aromatic rings. The molecule has 1 saturated carbocycles. The van der Waals surface area contributed by atoms with Crippen molar-refractivity contribution in [3.8, 4) is 6.07 Å². The van der Waals surface area contributed by atoms with Crippen LogP contribution in [0.4, 0.5) is 0 Å². The minimum Gasteiger partial charge on any atom is -0.323 e.